The van der Waals surface area contributed by atoms with Gasteiger partial charge in [-0.2, -0.15) is 0 Å². The first-order valence-electron chi connectivity index (χ1n) is 4.77. The summed E-state index contributed by atoms with van der Waals surface area (Å²) < 4.78 is 0. The predicted molar refractivity (Wildman–Crippen MR) is 50.6 cm³/mol. The van der Waals surface area contributed by atoms with Gasteiger partial charge < -0.3 is 0 Å². The van der Waals surface area contributed by atoms with Crippen molar-refractivity contribution in [2.45, 2.75) is 53.4 Å². The molecule has 0 aromatic rings. The van der Waals surface area contributed by atoms with E-state index in [1.54, 1.807) is 11.1 Å². The molecule has 0 aromatic carbocycles. The molecule has 1 atom stereocenters. The maximum atomic E-state index is 2.41. The second-order valence-corrected chi connectivity index (χ2v) is 4.17. The summed E-state index contributed by atoms with van der Waals surface area (Å²) >= 11 is 0. The van der Waals surface area contributed by atoms with E-state index in [1.807, 2.05) is 0 Å². The van der Waals surface area contributed by atoms with E-state index in [0.717, 1.165) is 0 Å². The van der Waals surface area contributed by atoms with Gasteiger partial charge in [0.2, 0.25) is 0 Å². The molecule has 0 N–H and O–H groups in total. The fraction of sp³-hybridized carbons (Fsp3) is 0.818. The topological polar surface area (TPSA) is 0 Å². The van der Waals surface area contributed by atoms with Crippen molar-refractivity contribution < 1.29 is 0 Å². The molecule has 1 aliphatic carbocycles. The summed E-state index contributed by atoms with van der Waals surface area (Å²) in [5.41, 5.74) is 3.83. The fourth-order valence-corrected chi connectivity index (χ4v) is 2.08. The lowest BCUT2D eigenvalue weighted by Gasteiger charge is -2.35. The van der Waals surface area contributed by atoms with E-state index >= 15 is 0 Å². The smallest absolute Gasteiger partial charge is 0.0119 e. The van der Waals surface area contributed by atoms with Crippen LogP contribution in [-0.4, -0.2) is 0 Å². The van der Waals surface area contributed by atoms with Crippen LogP contribution in [0.1, 0.15) is 53.4 Å². The molecule has 64 valence electrons. The Balaban J connectivity index is 2.90. The minimum Gasteiger partial charge on any atom is -0.0738 e. The molecule has 0 heteroatoms. The van der Waals surface area contributed by atoms with Crippen molar-refractivity contribution in [3.8, 4) is 0 Å². The van der Waals surface area contributed by atoms with Gasteiger partial charge in [-0.1, -0.05) is 25.0 Å². The third-order valence-electron chi connectivity index (χ3n) is 3.61. The van der Waals surface area contributed by atoms with Gasteiger partial charge in [0.1, 0.15) is 0 Å². The Hall–Kier alpha value is -0.260. The zero-order chi connectivity index (χ0) is 8.48. The van der Waals surface area contributed by atoms with Crippen LogP contribution in [0.15, 0.2) is 11.1 Å². The highest BCUT2D eigenvalue weighted by atomic mass is 14.3. The van der Waals surface area contributed by atoms with Crippen LogP contribution in [0.2, 0.25) is 0 Å². The van der Waals surface area contributed by atoms with Gasteiger partial charge in [-0.15, -0.1) is 0 Å². The molecule has 0 aliphatic heterocycles. The molecule has 0 heterocycles. The molecular formula is C11H20. The van der Waals surface area contributed by atoms with Crippen LogP contribution in [0.3, 0.4) is 0 Å². The molecule has 0 saturated carbocycles. The Kier molecular flexibility index (Phi) is 2.41. The second-order valence-electron chi connectivity index (χ2n) is 4.17. The number of allylic oxidation sites excluding steroid dienone is 2. The summed E-state index contributed by atoms with van der Waals surface area (Å²) in [5, 5.41) is 0. The highest BCUT2D eigenvalue weighted by Crippen LogP contribution is 2.42. The van der Waals surface area contributed by atoms with E-state index < -0.39 is 0 Å². The second kappa shape index (κ2) is 3.00. The van der Waals surface area contributed by atoms with E-state index in [9.17, 15) is 0 Å². The highest BCUT2D eigenvalue weighted by Gasteiger charge is 2.27. The summed E-state index contributed by atoms with van der Waals surface area (Å²) in [6.07, 6.45) is 5.43. The average molecular weight is 152 g/mol. The van der Waals surface area contributed by atoms with Crippen molar-refractivity contribution in [3.05, 3.63) is 11.1 Å². The molecule has 1 aliphatic rings. The van der Waals surface area contributed by atoms with Gasteiger partial charge >= 0.3 is 0 Å². The quantitative estimate of drug-likeness (QED) is 0.499. The molecule has 0 fully saturated rings. The maximum Gasteiger partial charge on any atom is -0.0119 e. The Labute approximate surface area is 70.7 Å². The van der Waals surface area contributed by atoms with Gasteiger partial charge in [0.25, 0.3) is 0 Å². The van der Waals surface area contributed by atoms with Crippen molar-refractivity contribution in [3.63, 3.8) is 0 Å². The summed E-state index contributed by atoms with van der Waals surface area (Å²) in [5.74, 6) is 0. The van der Waals surface area contributed by atoms with Gasteiger partial charge in [-0.25, -0.2) is 0 Å². The Morgan fingerprint density at radius 3 is 2.45 bits per heavy atom. The van der Waals surface area contributed by atoms with Crippen molar-refractivity contribution in [2.75, 3.05) is 0 Å². The molecular weight excluding hydrogens is 132 g/mol. The lowest BCUT2D eigenvalue weighted by atomic mass is 9.70. The molecule has 1 rings (SSSR count). The molecule has 0 nitrogen and oxygen atoms in total. The maximum absolute atomic E-state index is 2.41. The monoisotopic (exact) mass is 152 g/mol. The summed E-state index contributed by atoms with van der Waals surface area (Å²) in [7, 11) is 0. The standard InChI is InChI=1S/C11H20/c1-5-11(4)8-6-7-9(2)10(11)3/h5-8H2,1-4H3. The first kappa shape index (κ1) is 8.83. The van der Waals surface area contributed by atoms with Gasteiger partial charge in [0, 0.05) is 0 Å². The molecule has 0 spiro atoms. The van der Waals surface area contributed by atoms with E-state index in [0.29, 0.717) is 5.41 Å². The largest absolute Gasteiger partial charge is 0.0738 e. The van der Waals surface area contributed by atoms with Crippen LogP contribution in [0.4, 0.5) is 0 Å². The molecule has 0 amide bonds. The first-order valence-corrected chi connectivity index (χ1v) is 4.77. The zero-order valence-electron chi connectivity index (χ0n) is 8.33. The van der Waals surface area contributed by atoms with Crippen molar-refractivity contribution >= 4 is 0 Å². The minimum absolute atomic E-state index is 0.530. The van der Waals surface area contributed by atoms with Crippen molar-refractivity contribution in [1.29, 1.82) is 0 Å². The van der Waals surface area contributed by atoms with E-state index in [4.69, 9.17) is 0 Å². The van der Waals surface area contributed by atoms with E-state index in [2.05, 4.69) is 27.7 Å². The lowest BCUT2D eigenvalue weighted by Crippen LogP contribution is -2.21. The zero-order valence-corrected chi connectivity index (χ0v) is 8.33. The molecule has 0 saturated heterocycles. The molecule has 0 radical (unpaired) electrons. The summed E-state index contributed by atoms with van der Waals surface area (Å²) in [4.78, 5) is 0. The first-order chi connectivity index (χ1) is 5.10. The SMILES string of the molecule is CCC1(C)CCCC(C)=C1C. The molecule has 0 aromatic heterocycles. The molecule has 1 unspecified atom stereocenters. The third kappa shape index (κ3) is 1.50. The number of hydrogen-bond donors (Lipinski definition) is 0. The van der Waals surface area contributed by atoms with Crippen LogP contribution in [0, 0.1) is 5.41 Å². The van der Waals surface area contributed by atoms with Gasteiger partial charge in [0.15, 0.2) is 0 Å². The molecule has 0 bridgehead atoms. The minimum atomic E-state index is 0.530. The Morgan fingerprint density at radius 1 is 1.36 bits per heavy atom. The van der Waals surface area contributed by atoms with Gasteiger partial charge in [0.05, 0.1) is 0 Å². The molecule has 11 heavy (non-hydrogen) atoms. The van der Waals surface area contributed by atoms with Crippen molar-refractivity contribution in [2.24, 2.45) is 5.41 Å². The average Bonchev–Trinajstić information content (AvgIpc) is 2.00. The van der Waals surface area contributed by atoms with Crippen molar-refractivity contribution in [1.82, 2.24) is 0 Å². The summed E-state index contributed by atoms with van der Waals surface area (Å²) in [6, 6.07) is 0. The number of rotatable bonds is 1. The van der Waals surface area contributed by atoms with E-state index in [1.165, 1.54) is 25.7 Å². The highest BCUT2D eigenvalue weighted by molar-refractivity contribution is 5.20. The van der Waals surface area contributed by atoms with Crippen LogP contribution in [-0.2, 0) is 0 Å². The lowest BCUT2D eigenvalue weighted by molar-refractivity contribution is 0.318. The van der Waals surface area contributed by atoms with Crippen LogP contribution in [0.25, 0.3) is 0 Å². The fourth-order valence-electron chi connectivity index (χ4n) is 2.08. The Bertz CT molecular complexity index is 176. The van der Waals surface area contributed by atoms with Crippen LogP contribution >= 0.6 is 0 Å². The van der Waals surface area contributed by atoms with Crippen LogP contribution in [0.5, 0.6) is 0 Å². The van der Waals surface area contributed by atoms with Crippen LogP contribution < -0.4 is 0 Å². The van der Waals surface area contributed by atoms with E-state index in [-0.39, 0.29) is 0 Å². The predicted octanol–water partition coefficient (Wildman–Crippen LogP) is 3.92. The van der Waals surface area contributed by atoms with Gasteiger partial charge in [-0.3, -0.25) is 0 Å². The normalized spacial score (nSPS) is 32.7. The Morgan fingerprint density at radius 2 is 2.00 bits per heavy atom. The third-order valence-corrected chi connectivity index (χ3v) is 3.61. The summed E-state index contributed by atoms with van der Waals surface area (Å²) in [6.45, 7) is 9.33. The van der Waals surface area contributed by atoms with Gasteiger partial charge in [-0.05, 0) is 44.9 Å². The number of hydrogen-bond acceptors (Lipinski definition) is 0.